The SMILES string of the molecule is CC(C)(C)c1nccc(Nc2cc(Cl)nnc2C(N)=O)n1.CCOC(=O)c1nnc(Cl)cc1Nc1ccnc(C(C)(C)C)n1. The zero-order valence-corrected chi connectivity index (χ0v) is 26.8. The summed E-state index contributed by atoms with van der Waals surface area (Å²) in [5.41, 5.74) is 5.63. The van der Waals surface area contributed by atoms with Gasteiger partial charge in [0.2, 0.25) is 0 Å². The first-order chi connectivity index (χ1) is 20.6. The Bertz CT molecular complexity index is 1640. The number of carbonyl (C=O) groups is 2. The summed E-state index contributed by atoms with van der Waals surface area (Å²) in [5, 5.41) is 21.1. The standard InChI is InChI=1S/C15H18ClN5O2.C13H15ClN6O/c1-5-23-13(22)12-9(8-10(16)20-21-12)18-11-6-7-17-14(19-11)15(2,3)4;1-13(2,3)12-16-5-4-9(18-12)17-7-6-8(14)19-20-10(7)11(15)21/h6-8H,5H2,1-4H3,(H,17,18,19,20);4-6H,1-3H3,(H2,15,21)(H,16,17,18,19). The normalized spacial score (nSPS) is 11.2. The van der Waals surface area contributed by atoms with Crippen molar-refractivity contribution in [2.45, 2.75) is 59.3 Å². The number of anilines is 4. The molecule has 0 spiro atoms. The fourth-order valence-electron chi connectivity index (χ4n) is 3.31. The maximum atomic E-state index is 12.0. The molecule has 44 heavy (non-hydrogen) atoms. The highest BCUT2D eigenvalue weighted by Gasteiger charge is 2.21. The van der Waals surface area contributed by atoms with E-state index in [9.17, 15) is 9.59 Å². The van der Waals surface area contributed by atoms with Crippen LogP contribution in [0.3, 0.4) is 0 Å². The van der Waals surface area contributed by atoms with E-state index in [-0.39, 0.29) is 39.1 Å². The van der Waals surface area contributed by atoms with E-state index in [0.717, 1.165) is 0 Å². The lowest BCUT2D eigenvalue weighted by atomic mass is 9.96. The molecule has 0 atom stereocenters. The first kappa shape index (κ1) is 33.9. The second-order valence-corrected chi connectivity index (χ2v) is 12.0. The lowest BCUT2D eigenvalue weighted by Gasteiger charge is -2.17. The molecule has 0 aromatic carbocycles. The van der Waals surface area contributed by atoms with Crippen LogP contribution in [0.2, 0.25) is 10.3 Å². The number of amides is 1. The van der Waals surface area contributed by atoms with E-state index >= 15 is 0 Å². The smallest absolute Gasteiger partial charge is 0.361 e. The summed E-state index contributed by atoms with van der Waals surface area (Å²) in [7, 11) is 0. The highest BCUT2D eigenvalue weighted by Crippen LogP contribution is 2.25. The van der Waals surface area contributed by atoms with Gasteiger partial charge < -0.3 is 21.1 Å². The predicted molar refractivity (Wildman–Crippen MR) is 167 cm³/mol. The van der Waals surface area contributed by atoms with Gasteiger partial charge in [0.15, 0.2) is 21.7 Å². The molecule has 0 saturated carbocycles. The Morgan fingerprint density at radius 3 is 1.61 bits per heavy atom. The molecule has 4 aromatic heterocycles. The number of aromatic nitrogens is 8. The molecule has 0 aliphatic heterocycles. The second kappa shape index (κ2) is 14.3. The van der Waals surface area contributed by atoms with Gasteiger partial charge in [-0.05, 0) is 19.1 Å². The summed E-state index contributed by atoms with van der Waals surface area (Å²) in [6, 6.07) is 6.33. The maximum Gasteiger partial charge on any atom is 0.361 e. The molecule has 0 aliphatic rings. The van der Waals surface area contributed by atoms with E-state index in [1.165, 1.54) is 12.1 Å². The van der Waals surface area contributed by atoms with Crippen LogP contribution in [-0.2, 0) is 15.6 Å². The highest BCUT2D eigenvalue weighted by atomic mass is 35.5. The van der Waals surface area contributed by atoms with E-state index < -0.39 is 11.9 Å². The quantitative estimate of drug-likeness (QED) is 0.223. The molecule has 0 saturated heterocycles. The molecule has 16 heteroatoms. The molecular formula is C28H33Cl2N11O3. The number of hydrogen-bond donors (Lipinski definition) is 3. The van der Waals surface area contributed by atoms with E-state index in [4.69, 9.17) is 33.7 Å². The number of nitrogens with one attached hydrogen (secondary N) is 2. The lowest BCUT2D eigenvalue weighted by Crippen LogP contribution is -2.18. The maximum absolute atomic E-state index is 12.0. The second-order valence-electron chi connectivity index (χ2n) is 11.2. The molecule has 4 heterocycles. The van der Waals surface area contributed by atoms with E-state index in [1.807, 2.05) is 41.5 Å². The first-order valence-electron chi connectivity index (χ1n) is 13.3. The molecule has 0 radical (unpaired) electrons. The van der Waals surface area contributed by atoms with Crippen molar-refractivity contribution < 1.29 is 14.3 Å². The summed E-state index contributed by atoms with van der Waals surface area (Å²) in [6.45, 7) is 14.0. The van der Waals surface area contributed by atoms with Gasteiger partial charge in [-0.2, -0.15) is 0 Å². The Hall–Kier alpha value is -4.56. The number of primary amides is 1. The van der Waals surface area contributed by atoms with Gasteiger partial charge in [-0.3, -0.25) is 4.79 Å². The van der Waals surface area contributed by atoms with Crippen molar-refractivity contribution in [2.24, 2.45) is 5.73 Å². The fraction of sp³-hybridized carbons (Fsp3) is 0.357. The number of nitrogens with two attached hydrogens (primary N) is 1. The van der Waals surface area contributed by atoms with Crippen molar-refractivity contribution >= 4 is 58.1 Å². The van der Waals surface area contributed by atoms with Crippen molar-refractivity contribution in [1.29, 1.82) is 0 Å². The number of carbonyl (C=O) groups excluding carboxylic acids is 2. The van der Waals surface area contributed by atoms with Crippen LogP contribution in [0, 0.1) is 0 Å². The van der Waals surface area contributed by atoms with Gasteiger partial charge in [-0.15, -0.1) is 20.4 Å². The number of ether oxygens (including phenoxy) is 1. The molecule has 0 bridgehead atoms. The minimum absolute atomic E-state index is 0.00433. The molecular weight excluding hydrogens is 609 g/mol. The van der Waals surface area contributed by atoms with Gasteiger partial charge in [0.1, 0.15) is 23.3 Å². The Morgan fingerprint density at radius 1 is 0.773 bits per heavy atom. The summed E-state index contributed by atoms with van der Waals surface area (Å²) in [4.78, 5) is 40.7. The van der Waals surface area contributed by atoms with Crippen LogP contribution < -0.4 is 16.4 Å². The van der Waals surface area contributed by atoms with E-state index in [2.05, 4.69) is 51.0 Å². The van der Waals surface area contributed by atoms with Gasteiger partial charge in [-0.1, -0.05) is 64.7 Å². The Morgan fingerprint density at radius 2 is 1.20 bits per heavy atom. The third-order valence-electron chi connectivity index (χ3n) is 5.41. The predicted octanol–water partition coefficient (Wildman–Crippen LogP) is 5.20. The van der Waals surface area contributed by atoms with Crippen LogP contribution in [0.5, 0.6) is 0 Å². The number of esters is 1. The Kier molecular flexibility index (Phi) is 11.0. The molecule has 4 rings (SSSR count). The van der Waals surface area contributed by atoms with Crippen molar-refractivity contribution in [3.05, 3.63) is 70.0 Å². The fourth-order valence-corrected chi connectivity index (χ4v) is 3.61. The van der Waals surface area contributed by atoms with Crippen LogP contribution in [0.25, 0.3) is 0 Å². The van der Waals surface area contributed by atoms with Gasteiger partial charge in [0, 0.05) is 35.4 Å². The van der Waals surface area contributed by atoms with Crippen LogP contribution in [0.1, 0.15) is 81.1 Å². The largest absolute Gasteiger partial charge is 0.461 e. The average Bonchev–Trinajstić information content (AvgIpc) is 2.93. The first-order valence-corrected chi connectivity index (χ1v) is 14.1. The minimum Gasteiger partial charge on any atom is -0.461 e. The molecule has 232 valence electrons. The van der Waals surface area contributed by atoms with Crippen LogP contribution in [-0.4, -0.2) is 58.8 Å². The molecule has 0 unspecified atom stereocenters. The zero-order chi connectivity index (χ0) is 32.7. The lowest BCUT2D eigenvalue weighted by molar-refractivity contribution is 0.0519. The summed E-state index contributed by atoms with van der Waals surface area (Å²) in [5.74, 6) is 1.10. The van der Waals surface area contributed by atoms with E-state index in [0.29, 0.717) is 34.7 Å². The van der Waals surface area contributed by atoms with Crippen LogP contribution in [0.15, 0.2) is 36.7 Å². The third-order valence-corrected chi connectivity index (χ3v) is 5.78. The number of rotatable bonds is 7. The minimum atomic E-state index is -0.702. The highest BCUT2D eigenvalue weighted by molar-refractivity contribution is 6.30. The number of hydrogen-bond acceptors (Lipinski definition) is 13. The molecule has 4 aromatic rings. The number of halogens is 2. The van der Waals surface area contributed by atoms with E-state index in [1.54, 1.807) is 31.5 Å². The summed E-state index contributed by atoms with van der Waals surface area (Å²) in [6.07, 6.45) is 3.28. The van der Waals surface area contributed by atoms with Crippen molar-refractivity contribution in [1.82, 2.24) is 40.3 Å². The molecule has 4 N–H and O–H groups in total. The van der Waals surface area contributed by atoms with Crippen LogP contribution >= 0.6 is 23.2 Å². The average molecular weight is 643 g/mol. The monoisotopic (exact) mass is 641 g/mol. The topological polar surface area (TPSA) is 197 Å². The molecule has 0 aliphatic carbocycles. The van der Waals surface area contributed by atoms with Crippen molar-refractivity contribution in [2.75, 3.05) is 17.2 Å². The van der Waals surface area contributed by atoms with Gasteiger partial charge >= 0.3 is 5.97 Å². The Balaban J connectivity index is 0.000000241. The summed E-state index contributed by atoms with van der Waals surface area (Å²) >= 11 is 11.7. The number of nitrogens with zero attached hydrogens (tertiary/aromatic N) is 8. The molecule has 1 amide bonds. The zero-order valence-electron chi connectivity index (χ0n) is 25.3. The van der Waals surface area contributed by atoms with Crippen molar-refractivity contribution in [3.8, 4) is 0 Å². The van der Waals surface area contributed by atoms with Crippen LogP contribution in [0.4, 0.5) is 23.0 Å². The Labute approximate surface area is 264 Å². The summed E-state index contributed by atoms with van der Waals surface area (Å²) < 4.78 is 4.97. The van der Waals surface area contributed by atoms with Gasteiger partial charge in [0.05, 0.1) is 18.0 Å². The molecule has 14 nitrogen and oxygen atoms in total. The van der Waals surface area contributed by atoms with Gasteiger partial charge in [-0.25, -0.2) is 24.7 Å². The van der Waals surface area contributed by atoms with Gasteiger partial charge in [0.25, 0.3) is 5.91 Å². The van der Waals surface area contributed by atoms with Crippen molar-refractivity contribution in [3.63, 3.8) is 0 Å². The third kappa shape index (κ3) is 9.47. The molecule has 0 fully saturated rings.